The van der Waals surface area contributed by atoms with Gasteiger partial charge >= 0.3 is 0 Å². The molecule has 2 aromatic heterocycles. The van der Waals surface area contributed by atoms with Crippen molar-refractivity contribution in [1.82, 2.24) is 10.1 Å². The molecular formula is C14H13N3OS. The molecule has 3 aromatic rings. The van der Waals surface area contributed by atoms with Crippen LogP contribution in [0.1, 0.15) is 11.5 Å². The summed E-state index contributed by atoms with van der Waals surface area (Å²) < 4.78 is 5.25. The van der Waals surface area contributed by atoms with E-state index in [1.165, 1.54) is 5.56 Å². The second kappa shape index (κ2) is 5.24. The van der Waals surface area contributed by atoms with Gasteiger partial charge in [-0.05, 0) is 35.6 Å². The molecule has 0 aliphatic rings. The summed E-state index contributed by atoms with van der Waals surface area (Å²) in [5.41, 5.74) is 7.70. The molecule has 0 unspecified atom stereocenters. The maximum Gasteiger partial charge on any atom is 0.227 e. The van der Waals surface area contributed by atoms with Gasteiger partial charge in [-0.15, -0.1) is 11.3 Å². The van der Waals surface area contributed by atoms with Crippen LogP contribution in [0, 0.1) is 0 Å². The highest BCUT2D eigenvalue weighted by Crippen LogP contribution is 2.21. The molecule has 4 nitrogen and oxygen atoms in total. The van der Waals surface area contributed by atoms with Crippen LogP contribution in [-0.2, 0) is 12.8 Å². The molecule has 0 atom stereocenters. The topological polar surface area (TPSA) is 64.9 Å². The molecule has 0 spiro atoms. The zero-order chi connectivity index (χ0) is 13.1. The quantitative estimate of drug-likeness (QED) is 0.740. The van der Waals surface area contributed by atoms with Gasteiger partial charge in [-0.2, -0.15) is 4.98 Å². The minimum Gasteiger partial charge on any atom is -0.399 e. The maximum atomic E-state index is 5.75. The molecule has 96 valence electrons. The van der Waals surface area contributed by atoms with Gasteiger partial charge in [-0.3, -0.25) is 0 Å². The standard InChI is InChI=1S/C14H13N3OS/c15-11-4-1-3-10(9-11)6-7-13-16-14(17-18-13)12-5-2-8-19-12/h1-5,8-9H,6-7,15H2. The largest absolute Gasteiger partial charge is 0.399 e. The second-order valence-corrected chi connectivity index (χ2v) is 5.18. The predicted molar refractivity (Wildman–Crippen MR) is 75.9 cm³/mol. The van der Waals surface area contributed by atoms with Crippen LogP contribution in [0.2, 0.25) is 0 Å². The molecule has 0 aliphatic heterocycles. The lowest BCUT2D eigenvalue weighted by Crippen LogP contribution is -1.93. The third-order valence-electron chi connectivity index (χ3n) is 2.79. The average Bonchev–Trinajstić information content (AvgIpc) is 3.07. The highest BCUT2D eigenvalue weighted by molar-refractivity contribution is 7.13. The van der Waals surface area contributed by atoms with E-state index in [2.05, 4.69) is 10.1 Å². The van der Waals surface area contributed by atoms with Crippen LogP contribution in [0.3, 0.4) is 0 Å². The molecule has 0 radical (unpaired) electrons. The molecule has 2 heterocycles. The fraction of sp³-hybridized carbons (Fsp3) is 0.143. The van der Waals surface area contributed by atoms with Gasteiger partial charge in [0.05, 0.1) is 4.88 Å². The Hall–Kier alpha value is -2.14. The molecule has 0 amide bonds. The van der Waals surface area contributed by atoms with Gasteiger partial charge in [0.1, 0.15) is 0 Å². The van der Waals surface area contributed by atoms with Crippen molar-refractivity contribution in [3.63, 3.8) is 0 Å². The summed E-state index contributed by atoms with van der Waals surface area (Å²) in [7, 11) is 0. The van der Waals surface area contributed by atoms with Crippen molar-refractivity contribution >= 4 is 17.0 Å². The Morgan fingerprint density at radius 2 is 2.11 bits per heavy atom. The van der Waals surface area contributed by atoms with E-state index < -0.39 is 0 Å². The fourth-order valence-electron chi connectivity index (χ4n) is 1.86. The van der Waals surface area contributed by atoms with E-state index in [0.29, 0.717) is 11.7 Å². The number of nitrogens with zero attached hydrogens (tertiary/aromatic N) is 2. The number of benzene rings is 1. The van der Waals surface area contributed by atoms with Crippen LogP contribution in [0.4, 0.5) is 5.69 Å². The number of nitrogen functional groups attached to an aromatic ring is 1. The third-order valence-corrected chi connectivity index (χ3v) is 3.65. The molecule has 0 saturated carbocycles. The lowest BCUT2D eigenvalue weighted by Gasteiger charge is -1.99. The first-order chi connectivity index (χ1) is 9.31. The first-order valence-corrected chi connectivity index (χ1v) is 6.90. The van der Waals surface area contributed by atoms with E-state index >= 15 is 0 Å². The minimum atomic E-state index is 0.658. The smallest absolute Gasteiger partial charge is 0.227 e. The normalized spacial score (nSPS) is 10.7. The number of thiophene rings is 1. The van der Waals surface area contributed by atoms with Gasteiger partial charge in [0.15, 0.2) is 0 Å². The van der Waals surface area contributed by atoms with Crippen molar-refractivity contribution in [3.05, 3.63) is 53.2 Å². The second-order valence-electron chi connectivity index (χ2n) is 4.23. The lowest BCUT2D eigenvalue weighted by molar-refractivity contribution is 0.379. The van der Waals surface area contributed by atoms with Crippen LogP contribution in [-0.4, -0.2) is 10.1 Å². The van der Waals surface area contributed by atoms with E-state index in [1.807, 2.05) is 41.8 Å². The Kier molecular flexibility index (Phi) is 3.29. The number of aromatic nitrogens is 2. The summed E-state index contributed by atoms with van der Waals surface area (Å²) in [6, 6.07) is 11.8. The van der Waals surface area contributed by atoms with E-state index in [-0.39, 0.29) is 0 Å². The van der Waals surface area contributed by atoms with Crippen molar-refractivity contribution in [2.75, 3.05) is 5.73 Å². The van der Waals surface area contributed by atoms with Crippen LogP contribution in [0.5, 0.6) is 0 Å². The number of hydrogen-bond donors (Lipinski definition) is 1. The van der Waals surface area contributed by atoms with Gasteiger partial charge < -0.3 is 10.3 Å². The van der Waals surface area contributed by atoms with E-state index in [9.17, 15) is 0 Å². The van der Waals surface area contributed by atoms with Crippen LogP contribution in [0.25, 0.3) is 10.7 Å². The molecule has 3 rings (SSSR count). The molecule has 0 bridgehead atoms. The SMILES string of the molecule is Nc1cccc(CCc2nc(-c3cccs3)no2)c1. The lowest BCUT2D eigenvalue weighted by atomic mass is 10.1. The van der Waals surface area contributed by atoms with Crippen LogP contribution in [0.15, 0.2) is 46.3 Å². The van der Waals surface area contributed by atoms with E-state index in [1.54, 1.807) is 11.3 Å². The maximum absolute atomic E-state index is 5.75. The van der Waals surface area contributed by atoms with Crippen molar-refractivity contribution in [1.29, 1.82) is 0 Å². The van der Waals surface area contributed by atoms with Gasteiger partial charge in [0.2, 0.25) is 11.7 Å². The number of aryl methyl sites for hydroxylation is 2. The molecule has 19 heavy (non-hydrogen) atoms. The van der Waals surface area contributed by atoms with Gasteiger partial charge in [-0.25, -0.2) is 0 Å². The summed E-state index contributed by atoms with van der Waals surface area (Å²) in [6.45, 7) is 0. The highest BCUT2D eigenvalue weighted by Gasteiger charge is 2.09. The molecule has 2 N–H and O–H groups in total. The van der Waals surface area contributed by atoms with Crippen molar-refractivity contribution < 1.29 is 4.52 Å². The molecule has 5 heteroatoms. The fourth-order valence-corrected chi connectivity index (χ4v) is 2.51. The Morgan fingerprint density at radius 1 is 1.16 bits per heavy atom. The Bertz CT molecular complexity index is 661. The first kappa shape index (κ1) is 11.9. The van der Waals surface area contributed by atoms with E-state index in [0.717, 1.165) is 23.4 Å². The molecular weight excluding hydrogens is 258 g/mol. The molecule has 0 aliphatic carbocycles. The number of anilines is 1. The molecule has 1 aromatic carbocycles. The predicted octanol–water partition coefficient (Wildman–Crippen LogP) is 3.17. The summed E-state index contributed by atoms with van der Waals surface area (Å²) >= 11 is 1.60. The monoisotopic (exact) mass is 271 g/mol. The summed E-state index contributed by atoms with van der Waals surface area (Å²) in [4.78, 5) is 5.42. The minimum absolute atomic E-state index is 0.658. The molecule has 0 fully saturated rings. The summed E-state index contributed by atoms with van der Waals surface area (Å²) in [6.07, 6.45) is 1.57. The number of rotatable bonds is 4. The molecule has 0 saturated heterocycles. The number of nitrogens with two attached hydrogens (primary N) is 1. The van der Waals surface area contributed by atoms with Crippen LogP contribution < -0.4 is 5.73 Å². The average molecular weight is 271 g/mol. The van der Waals surface area contributed by atoms with Crippen molar-refractivity contribution in [3.8, 4) is 10.7 Å². The van der Waals surface area contributed by atoms with Gasteiger partial charge in [0.25, 0.3) is 0 Å². The summed E-state index contributed by atoms with van der Waals surface area (Å²) in [5.74, 6) is 1.32. The summed E-state index contributed by atoms with van der Waals surface area (Å²) in [5, 5.41) is 5.99. The van der Waals surface area contributed by atoms with Gasteiger partial charge in [-0.1, -0.05) is 23.4 Å². The zero-order valence-electron chi connectivity index (χ0n) is 10.2. The van der Waals surface area contributed by atoms with Crippen LogP contribution >= 0.6 is 11.3 Å². The van der Waals surface area contributed by atoms with E-state index in [4.69, 9.17) is 10.3 Å². The Morgan fingerprint density at radius 3 is 2.89 bits per heavy atom. The zero-order valence-corrected chi connectivity index (χ0v) is 11.1. The van der Waals surface area contributed by atoms with Gasteiger partial charge in [0, 0.05) is 12.1 Å². The van der Waals surface area contributed by atoms with Crippen molar-refractivity contribution in [2.24, 2.45) is 0 Å². The Balaban J connectivity index is 1.68. The highest BCUT2D eigenvalue weighted by atomic mass is 32.1. The first-order valence-electron chi connectivity index (χ1n) is 6.02. The third kappa shape index (κ3) is 2.82. The Labute approximate surface area is 114 Å². The number of hydrogen-bond acceptors (Lipinski definition) is 5. The van der Waals surface area contributed by atoms with Crippen molar-refractivity contribution in [2.45, 2.75) is 12.8 Å².